The fourth-order valence-corrected chi connectivity index (χ4v) is 7.32. The largest absolute Gasteiger partial charge is 0.457 e. The van der Waals surface area contributed by atoms with E-state index in [-0.39, 0.29) is 5.91 Å². The van der Waals surface area contributed by atoms with Crippen LogP contribution < -0.4 is 24.8 Å². The van der Waals surface area contributed by atoms with Crippen LogP contribution in [0.5, 0.6) is 23.0 Å². The highest BCUT2D eigenvalue weighted by molar-refractivity contribution is 7.55. The van der Waals surface area contributed by atoms with E-state index in [0.717, 1.165) is 12.8 Å². The van der Waals surface area contributed by atoms with Crippen molar-refractivity contribution in [3.63, 3.8) is 0 Å². The molecule has 2 atom stereocenters. The van der Waals surface area contributed by atoms with E-state index in [1.54, 1.807) is 77.7 Å². The van der Waals surface area contributed by atoms with Crippen molar-refractivity contribution in [2.75, 3.05) is 13.1 Å². The molecule has 3 N–H and O–H groups in total. The molecular weight excluding hydrogens is 601 g/mol. The Bertz CT molecular complexity index is 1560. The zero-order valence-electron chi connectivity index (χ0n) is 25.7. The first-order chi connectivity index (χ1) is 22.5. The summed E-state index contributed by atoms with van der Waals surface area (Å²) in [5, 5.41) is 3.00. The number of nitrogens with one attached hydrogen (secondary N) is 1. The summed E-state index contributed by atoms with van der Waals surface area (Å²) < 4.78 is 33.0. The van der Waals surface area contributed by atoms with E-state index in [0.29, 0.717) is 67.3 Å². The van der Waals surface area contributed by atoms with Crippen molar-refractivity contribution >= 4 is 19.4 Å². The summed E-state index contributed by atoms with van der Waals surface area (Å²) in [5.41, 5.74) is 6.08. The Kier molecular flexibility index (Phi) is 11.5. The van der Waals surface area contributed by atoms with Crippen molar-refractivity contribution in [3.8, 4) is 23.0 Å². The quantitative estimate of drug-likeness (QED) is 0.103. The molecule has 4 aromatic rings. The number of rotatable bonds is 15. The lowest BCUT2D eigenvalue weighted by atomic mass is 10.1. The summed E-state index contributed by atoms with van der Waals surface area (Å²) >= 11 is 0. The molecule has 0 radical (unpaired) electrons. The third-order valence-electron chi connectivity index (χ3n) is 7.73. The Morgan fingerprint density at radius 2 is 1.35 bits per heavy atom. The van der Waals surface area contributed by atoms with Crippen molar-refractivity contribution < 1.29 is 27.9 Å². The number of nitrogens with two attached hydrogens (primary N) is 1. The fraction of sp³-hybridized carbons (Fsp3) is 0.278. The molecule has 5 rings (SSSR count). The second-order valence-corrected chi connectivity index (χ2v) is 13.1. The topological polar surface area (TPSA) is 120 Å². The van der Waals surface area contributed by atoms with Gasteiger partial charge in [-0.3, -0.25) is 9.59 Å². The zero-order chi connectivity index (χ0) is 32.2. The van der Waals surface area contributed by atoms with Crippen molar-refractivity contribution in [2.45, 2.75) is 50.3 Å². The summed E-state index contributed by atoms with van der Waals surface area (Å²) in [6.45, 7) is 0.931. The molecule has 46 heavy (non-hydrogen) atoms. The van der Waals surface area contributed by atoms with Crippen LogP contribution >= 0.6 is 7.60 Å². The Hall–Kier alpha value is -4.59. The molecule has 2 amide bonds. The summed E-state index contributed by atoms with van der Waals surface area (Å²) in [6, 6.07) is 33.0. The van der Waals surface area contributed by atoms with Gasteiger partial charge in [0.2, 0.25) is 5.91 Å². The Morgan fingerprint density at radius 1 is 0.783 bits per heavy atom. The zero-order valence-corrected chi connectivity index (χ0v) is 26.6. The molecule has 9 nitrogen and oxygen atoms in total. The minimum Gasteiger partial charge on any atom is -0.457 e. The molecule has 4 aromatic carbocycles. The molecule has 1 saturated heterocycles. The highest BCUT2D eigenvalue weighted by Crippen LogP contribution is 2.53. The smallest absolute Gasteiger partial charge is 0.452 e. The number of nitrogens with zero attached hydrogens (tertiary/aromatic N) is 1. The van der Waals surface area contributed by atoms with E-state index >= 15 is 0 Å². The van der Waals surface area contributed by atoms with Crippen molar-refractivity contribution in [3.05, 3.63) is 121 Å². The minimum atomic E-state index is -4.05. The van der Waals surface area contributed by atoms with Crippen LogP contribution in [0.3, 0.4) is 0 Å². The maximum atomic E-state index is 14.7. The molecule has 0 spiro atoms. The lowest BCUT2D eigenvalue weighted by molar-refractivity contribution is -0.125. The van der Waals surface area contributed by atoms with Crippen molar-refractivity contribution in [1.29, 1.82) is 0 Å². The number of ether oxygens (including phenoxy) is 1. The number of carbonyl (C=O) groups excluding carboxylic acids is 2. The fourth-order valence-electron chi connectivity index (χ4n) is 5.42. The highest BCUT2D eigenvalue weighted by Gasteiger charge is 2.43. The molecule has 0 aromatic heterocycles. The SMILES string of the molecule is NCCCCCC(NC(=O)[C@@H]1CCCN1C(=O)c1ccccc1Oc1ccccc1)P(=O)(Oc1ccccc1)Oc1ccccc1. The lowest BCUT2D eigenvalue weighted by Crippen LogP contribution is -2.49. The average Bonchev–Trinajstić information content (AvgIpc) is 3.58. The van der Waals surface area contributed by atoms with Gasteiger partial charge < -0.3 is 29.7 Å². The molecule has 240 valence electrons. The predicted octanol–water partition coefficient (Wildman–Crippen LogP) is 7.40. The van der Waals surface area contributed by atoms with Crippen LogP contribution in [-0.2, 0) is 9.36 Å². The van der Waals surface area contributed by atoms with Gasteiger partial charge in [-0.2, -0.15) is 0 Å². The number of unbranched alkanes of at least 4 members (excludes halogenated alkanes) is 2. The van der Waals surface area contributed by atoms with Gasteiger partial charge in [-0.1, -0.05) is 79.6 Å². The second-order valence-electron chi connectivity index (χ2n) is 11.1. The number of carbonyl (C=O) groups is 2. The summed E-state index contributed by atoms with van der Waals surface area (Å²) in [6.07, 6.45) is 3.65. The van der Waals surface area contributed by atoms with Crippen molar-refractivity contribution in [2.24, 2.45) is 5.73 Å². The van der Waals surface area contributed by atoms with Gasteiger partial charge in [0.25, 0.3) is 5.91 Å². The first-order valence-corrected chi connectivity index (χ1v) is 17.3. The maximum absolute atomic E-state index is 14.7. The molecule has 1 unspecified atom stereocenters. The van der Waals surface area contributed by atoms with Gasteiger partial charge in [-0.15, -0.1) is 0 Å². The average molecular weight is 642 g/mol. The van der Waals surface area contributed by atoms with E-state index in [9.17, 15) is 14.2 Å². The lowest BCUT2D eigenvalue weighted by Gasteiger charge is -2.31. The Balaban J connectivity index is 1.39. The van der Waals surface area contributed by atoms with Gasteiger partial charge >= 0.3 is 7.60 Å². The van der Waals surface area contributed by atoms with E-state index in [1.807, 2.05) is 42.5 Å². The molecule has 1 heterocycles. The Labute approximate surface area is 270 Å². The number of likely N-dealkylation sites (tertiary alicyclic amines) is 1. The standard InChI is InChI=1S/C36H40N3O6P/c37-26-14-4-11-25-34(46(42,44-29-18-7-2-8-19-29)45-30-20-9-3-10-21-30)38-35(40)32-23-15-27-39(32)36(41)31-22-12-13-24-33(31)43-28-16-5-1-6-17-28/h1-3,5-10,12-13,16-22,24,32,34H,4,11,14-15,23,25-27,37H2,(H,38,40)/t32-,34?/m0/s1. The van der Waals surface area contributed by atoms with Gasteiger partial charge in [0.1, 0.15) is 29.0 Å². The number of benzene rings is 4. The van der Waals surface area contributed by atoms with Crippen molar-refractivity contribution in [1.82, 2.24) is 10.2 Å². The minimum absolute atomic E-state index is 0.312. The number of amides is 2. The van der Waals surface area contributed by atoms with Gasteiger partial charge in [-0.25, -0.2) is 4.57 Å². The monoisotopic (exact) mass is 641 g/mol. The molecular formula is C36H40N3O6P. The van der Waals surface area contributed by atoms with Crippen LogP contribution in [0.15, 0.2) is 115 Å². The first-order valence-electron chi connectivity index (χ1n) is 15.7. The molecule has 1 aliphatic rings. The predicted molar refractivity (Wildman–Crippen MR) is 178 cm³/mol. The normalized spacial score (nSPS) is 15.2. The van der Waals surface area contributed by atoms with Gasteiger partial charge in [0.15, 0.2) is 5.78 Å². The van der Waals surface area contributed by atoms with Crippen LogP contribution in [0.1, 0.15) is 48.9 Å². The van der Waals surface area contributed by atoms with Crippen LogP contribution in [-0.4, -0.2) is 41.6 Å². The van der Waals surface area contributed by atoms with E-state index in [4.69, 9.17) is 19.5 Å². The molecule has 0 bridgehead atoms. The summed E-state index contributed by atoms with van der Waals surface area (Å²) in [4.78, 5) is 29.5. The molecule has 0 aliphatic carbocycles. The number of hydrogen-bond donors (Lipinski definition) is 2. The van der Waals surface area contributed by atoms with E-state index in [1.165, 1.54) is 0 Å². The van der Waals surface area contributed by atoms with Crippen LogP contribution in [0, 0.1) is 0 Å². The molecule has 1 fully saturated rings. The first kappa shape index (κ1) is 32.8. The third kappa shape index (κ3) is 8.56. The summed E-state index contributed by atoms with van der Waals surface area (Å²) in [5.74, 6) is 0.0106. The Morgan fingerprint density at radius 3 is 1.96 bits per heavy atom. The van der Waals surface area contributed by atoms with E-state index in [2.05, 4.69) is 5.32 Å². The summed E-state index contributed by atoms with van der Waals surface area (Å²) in [7, 11) is -4.05. The number of hydrogen-bond acceptors (Lipinski definition) is 7. The van der Waals surface area contributed by atoms with Crippen LogP contribution in [0.4, 0.5) is 0 Å². The van der Waals surface area contributed by atoms with Gasteiger partial charge in [0.05, 0.1) is 5.56 Å². The van der Waals surface area contributed by atoms with Gasteiger partial charge in [-0.05, 0) is 80.8 Å². The van der Waals surface area contributed by atoms with Crippen LogP contribution in [0.25, 0.3) is 0 Å². The molecule has 0 saturated carbocycles. The van der Waals surface area contributed by atoms with E-state index < -0.39 is 25.3 Å². The third-order valence-corrected chi connectivity index (χ3v) is 9.81. The molecule has 10 heteroatoms. The molecule has 1 aliphatic heterocycles. The highest BCUT2D eigenvalue weighted by atomic mass is 31.2. The van der Waals surface area contributed by atoms with Gasteiger partial charge in [0, 0.05) is 6.54 Å². The van der Waals surface area contributed by atoms with Crippen LogP contribution in [0.2, 0.25) is 0 Å². The second kappa shape index (κ2) is 16.1. The number of para-hydroxylation sites is 4. The maximum Gasteiger partial charge on any atom is 0.452 e.